The number of imidazole rings is 1. The first-order chi connectivity index (χ1) is 11.6. The molecule has 0 N–H and O–H groups in total. The quantitative estimate of drug-likeness (QED) is 0.682. The monoisotopic (exact) mass is 321 g/mol. The zero-order chi connectivity index (χ0) is 16.8. The van der Waals surface area contributed by atoms with E-state index in [-0.39, 0.29) is 5.69 Å². The zero-order valence-corrected chi connectivity index (χ0v) is 12.7. The van der Waals surface area contributed by atoms with Gasteiger partial charge in [0.15, 0.2) is 0 Å². The molecule has 0 bridgehead atoms. The minimum absolute atomic E-state index is 0.209. The molecule has 1 aliphatic heterocycles. The fourth-order valence-corrected chi connectivity index (χ4v) is 2.89. The third-order valence-corrected chi connectivity index (χ3v) is 4.07. The molecule has 0 saturated heterocycles. The van der Waals surface area contributed by atoms with Gasteiger partial charge in [-0.2, -0.15) is 0 Å². The van der Waals surface area contributed by atoms with Gasteiger partial charge in [-0.1, -0.05) is 12.1 Å². The Bertz CT molecular complexity index is 958. The number of aryl methyl sites for hydroxylation is 1. The lowest BCUT2D eigenvalue weighted by molar-refractivity contribution is 0.0926. The number of amides is 2. The van der Waals surface area contributed by atoms with Crippen molar-refractivity contribution in [1.82, 2.24) is 9.55 Å². The third-order valence-electron chi connectivity index (χ3n) is 4.07. The highest BCUT2D eigenvalue weighted by Crippen LogP contribution is 2.30. The molecule has 1 aromatic heterocycles. The van der Waals surface area contributed by atoms with Crippen molar-refractivity contribution in [2.45, 2.75) is 6.92 Å². The lowest BCUT2D eigenvalue weighted by atomic mass is 10.1. The Morgan fingerprint density at radius 3 is 2.21 bits per heavy atom. The third kappa shape index (κ3) is 1.96. The molecule has 5 nitrogen and oxygen atoms in total. The van der Waals surface area contributed by atoms with Crippen molar-refractivity contribution in [3.05, 3.63) is 77.6 Å². The summed E-state index contributed by atoms with van der Waals surface area (Å²) in [5.41, 5.74) is 1.18. The summed E-state index contributed by atoms with van der Waals surface area (Å²) in [6.07, 6.45) is 3.22. The van der Waals surface area contributed by atoms with E-state index in [1.165, 1.54) is 12.1 Å². The molecular formula is C18H12FN3O2. The second-order valence-electron chi connectivity index (χ2n) is 5.47. The summed E-state index contributed by atoms with van der Waals surface area (Å²) in [6, 6.07) is 10.8. The van der Waals surface area contributed by atoms with Gasteiger partial charge in [0.25, 0.3) is 11.8 Å². The summed E-state index contributed by atoms with van der Waals surface area (Å²) >= 11 is 0. The number of fused-ring (bicyclic) bond motifs is 1. The van der Waals surface area contributed by atoms with E-state index in [1.807, 2.05) is 0 Å². The molecule has 24 heavy (non-hydrogen) atoms. The van der Waals surface area contributed by atoms with Crippen LogP contribution in [0.15, 0.2) is 54.9 Å². The lowest BCUT2D eigenvalue weighted by Gasteiger charge is -2.15. The molecule has 0 aliphatic carbocycles. The van der Waals surface area contributed by atoms with E-state index in [1.54, 1.807) is 54.2 Å². The highest BCUT2D eigenvalue weighted by Gasteiger charge is 2.36. The molecule has 2 heterocycles. The summed E-state index contributed by atoms with van der Waals surface area (Å²) in [5.74, 6) is -0.782. The van der Waals surface area contributed by atoms with Crippen LogP contribution in [0.4, 0.5) is 10.1 Å². The van der Waals surface area contributed by atoms with Gasteiger partial charge >= 0.3 is 0 Å². The number of hydrogen-bond acceptors (Lipinski definition) is 3. The van der Waals surface area contributed by atoms with Gasteiger partial charge in [-0.25, -0.2) is 14.3 Å². The Morgan fingerprint density at radius 1 is 1.00 bits per heavy atom. The van der Waals surface area contributed by atoms with Crippen molar-refractivity contribution >= 4 is 17.5 Å². The number of carbonyl (C=O) groups excluding carboxylic acids is 2. The SMILES string of the molecule is Cc1nccn1-c1ccc(N2C(=O)c3ccccc3C2=O)cc1F. The largest absolute Gasteiger partial charge is 0.301 e. The average molecular weight is 321 g/mol. The molecule has 118 valence electrons. The van der Waals surface area contributed by atoms with E-state index in [4.69, 9.17) is 0 Å². The summed E-state index contributed by atoms with van der Waals surface area (Å²) in [6.45, 7) is 1.76. The predicted octanol–water partition coefficient (Wildman–Crippen LogP) is 3.12. The Labute approximate surface area is 137 Å². The number of benzene rings is 2. The highest BCUT2D eigenvalue weighted by atomic mass is 19.1. The number of rotatable bonds is 2. The van der Waals surface area contributed by atoms with Gasteiger partial charge in [0, 0.05) is 18.5 Å². The number of anilines is 1. The number of carbonyl (C=O) groups is 2. The molecule has 2 amide bonds. The Morgan fingerprint density at radius 2 is 1.67 bits per heavy atom. The molecule has 1 aliphatic rings. The topological polar surface area (TPSA) is 55.2 Å². The second-order valence-corrected chi connectivity index (χ2v) is 5.47. The molecule has 2 aromatic carbocycles. The van der Waals surface area contributed by atoms with Crippen molar-refractivity contribution in [3.63, 3.8) is 0 Å². The van der Waals surface area contributed by atoms with Crippen LogP contribution in [-0.2, 0) is 0 Å². The van der Waals surface area contributed by atoms with Gasteiger partial charge < -0.3 is 4.57 Å². The van der Waals surface area contributed by atoms with Crippen LogP contribution >= 0.6 is 0 Å². The molecular weight excluding hydrogens is 309 g/mol. The van der Waals surface area contributed by atoms with Crippen LogP contribution in [0, 0.1) is 12.7 Å². The molecule has 3 aromatic rings. The maximum atomic E-state index is 14.5. The summed E-state index contributed by atoms with van der Waals surface area (Å²) in [7, 11) is 0. The molecule has 0 saturated carbocycles. The molecule has 0 radical (unpaired) electrons. The summed E-state index contributed by atoms with van der Waals surface area (Å²) < 4.78 is 16.1. The van der Waals surface area contributed by atoms with E-state index in [0.29, 0.717) is 22.6 Å². The molecule has 0 fully saturated rings. The normalized spacial score (nSPS) is 13.5. The standard InChI is InChI=1S/C18H12FN3O2/c1-11-20-8-9-21(11)16-7-6-12(10-15(16)19)22-17(23)13-4-2-3-5-14(13)18(22)24/h2-10H,1H3. The summed E-state index contributed by atoms with van der Waals surface area (Å²) in [4.78, 5) is 30.0. The highest BCUT2D eigenvalue weighted by molar-refractivity contribution is 6.34. The van der Waals surface area contributed by atoms with Gasteiger partial charge in [0.05, 0.1) is 22.5 Å². The van der Waals surface area contributed by atoms with Crippen molar-refractivity contribution in [2.24, 2.45) is 0 Å². The first-order valence-electron chi connectivity index (χ1n) is 7.35. The second kappa shape index (κ2) is 5.13. The van der Waals surface area contributed by atoms with E-state index in [9.17, 15) is 14.0 Å². The minimum Gasteiger partial charge on any atom is -0.301 e. The number of imide groups is 1. The zero-order valence-electron chi connectivity index (χ0n) is 12.7. The first kappa shape index (κ1) is 14.3. The summed E-state index contributed by atoms with van der Waals surface area (Å²) in [5, 5.41) is 0. The minimum atomic E-state index is -0.537. The van der Waals surface area contributed by atoms with Crippen LogP contribution in [0.2, 0.25) is 0 Å². The van der Waals surface area contributed by atoms with E-state index in [0.717, 1.165) is 4.90 Å². The van der Waals surface area contributed by atoms with Crippen LogP contribution in [0.3, 0.4) is 0 Å². The Hall–Kier alpha value is -3.28. The maximum absolute atomic E-state index is 14.5. The van der Waals surface area contributed by atoms with Gasteiger partial charge in [0.2, 0.25) is 0 Å². The fraction of sp³-hybridized carbons (Fsp3) is 0.0556. The van der Waals surface area contributed by atoms with Crippen LogP contribution in [0.5, 0.6) is 0 Å². The van der Waals surface area contributed by atoms with Gasteiger partial charge in [-0.05, 0) is 31.2 Å². The van der Waals surface area contributed by atoms with Crippen molar-refractivity contribution in [2.75, 3.05) is 4.90 Å². The van der Waals surface area contributed by atoms with Gasteiger partial charge in [-0.15, -0.1) is 0 Å². The first-order valence-corrected chi connectivity index (χ1v) is 7.35. The molecule has 0 atom stereocenters. The lowest BCUT2D eigenvalue weighted by Crippen LogP contribution is -2.29. The van der Waals surface area contributed by atoms with Crippen LogP contribution in [-0.4, -0.2) is 21.4 Å². The van der Waals surface area contributed by atoms with Gasteiger partial charge in [0.1, 0.15) is 11.6 Å². The Balaban J connectivity index is 1.77. The Kier molecular flexibility index (Phi) is 3.06. The van der Waals surface area contributed by atoms with Crippen molar-refractivity contribution in [1.29, 1.82) is 0 Å². The van der Waals surface area contributed by atoms with E-state index >= 15 is 0 Å². The van der Waals surface area contributed by atoms with E-state index < -0.39 is 17.6 Å². The van der Waals surface area contributed by atoms with Crippen molar-refractivity contribution in [3.8, 4) is 5.69 Å². The molecule has 4 rings (SSSR count). The number of hydrogen-bond donors (Lipinski definition) is 0. The molecule has 6 heteroatoms. The van der Waals surface area contributed by atoms with Crippen molar-refractivity contribution < 1.29 is 14.0 Å². The van der Waals surface area contributed by atoms with Crippen LogP contribution in [0.25, 0.3) is 5.69 Å². The number of aromatic nitrogens is 2. The van der Waals surface area contributed by atoms with Crippen LogP contribution in [0.1, 0.15) is 26.5 Å². The van der Waals surface area contributed by atoms with Crippen LogP contribution < -0.4 is 4.90 Å². The molecule has 0 unspecified atom stereocenters. The van der Waals surface area contributed by atoms with E-state index in [2.05, 4.69) is 4.98 Å². The maximum Gasteiger partial charge on any atom is 0.266 e. The predicted molar refractivity (Wildman–Crippen MR) is 85.8 cm³/mol. The van der Waals surface area contributed by atoms with Gasteiger partial charge in [-0.3, -0.25) is 9.59 Å². The molecule has 0 spiro atoms. The number of halogens is 1. The average Bonchev–Trinajstić information content (AvgIpc) is 3.10. The smallest absolute Gasteiger partial charge is 0.266 e. The fourth-order valence-electron chi connectivity index (χ4n) is 2.89. The number of nitrogens with zero attached hydrogens (tertiary/aromatic N) is 3.